The lowest BCUT2D eigenvalue weighted by molar-refractivity contribution is -0.138. The molecule has 1 aromatic carbocycles. The van der Waals surface area contributed by atoms with E-state index in [9.17, 15) is 28.2 Å². The predicted molar refractivity (Wildman–Crippen MR) is 107 cm³/mol. The molecule has 0 amide bonds. The van der Waals surface area contributed by atoms with E-state index in [1.165, 1.54) is 18.2 Å². The Bertz CT molecular complexity index is 762. The summed E-state index contributed by atoms with van der Waals surface area (Å²) in [6.45, 7) is -0.0788. The summed E-state index contributed by atoms with van der Waals surface area (Å²) in [6, 6.07) is 4.41. The van der Waals surface area contributed by atoms with E-state index in [1.54, 1.807) is 6.08 Å². The first-order valence-electron chi connectivity index (χ1n) is 9.99. The highest BCUT2D eigenvalue weighted by molar-refractivity contribution is 5.66. The number of hydrogen-bond acceptors (Lipinski definition) is 5. The smallest absolute Gasteiger partial charge is 0.416 e. The van der Waals surface area contributed by atoms with Crippen LogP contribution in [0.15, 0.2) is 48.6 Å². The van der Waals surface area contributed by atoms with Gasteiger partial charge >= 0.3 is 12.1 Å². The average molecular weight is 444 g/mol. The zero-order chi connectivity index (χ0) is 22.9. The molecule has 2 rings (SSSR count). The molecule has 1 heterocycles. The van der Waals surface area contributed by atoms with Crippen LogP contribution in [0.3, 0.4) is 0 Å². The Morgan fingerprint density at radius 1 is 1.32 bits per heavy atom. The van der Waals surface area contributed by atoms with Crippen LogP contribution >= 0.6 is 0 Å². The number of halogens is 3. The first kappa shape index (κ1) is 24.9. The third kappa shape index (κ3) is 8.72. The van der Waals surface area contributed by atoms with E-state index in [-0.39, 0.29) is 31.3 Å². The third-order valence-electron chi connectivity index (χ3n) is 4.82. The Labute approximate surface area is 178 Å². The maximum atomic E-state index is 12.7. The standard InChI is InChI=1S/C22H27F3O6/c23-22(24,25)15-6-5-7-17(12-15)30-13-16(26)10-11-20-18(19(27)14-31-20)8-3-1-2-4-9-21(28)29/h1,3,5-7,10-12,16,18-20,26-27H,2,4,8-9,13-14H2,(H,28,29)/t16-,18-,19-,20+/m0/s1. The number of carboxylic acid groups (broad SMARTS) is 1. The van der Waals surface area contributed by atoms with E-state index in [0.29, 0.717) is 19.3 Å². The zero-order valence-corrected chi connectivity index (χ0v) is 16.9. The minimum absolute atomic E-state index is 0.000672. The van der Waals surface area contributed by atoms with E-state index in [4.69, 9.17) is 14.6 Å². The van der Waals surface area contributed by atoms with Gasteiger partial charge in [-0.3, -0.25) is 4.79 Å². The predicted octanol–water partition coefficient (Wildman–Crippen LogP) is 3.58. The van der Waals surface area contributed by atoms with Gasteiger partial charge < -0.3 is 24.8 Å². The van der Waals surface area contributed by atoms with Gasteiger partial charge in [-0.1, -0.05) is 30.4 Å². The average Bonchev–Trinajstić information content (AvgIpc) is 3.06. The molecule has 4 atom stereocenters. The quantitative estimate of drug-likeness (QED) is 0.357. The minimum atomic E-state index is -4.47. The number of benzene rings is 1. The normalized spacial score (nSPS) is 22.9. The molecule has 1 aromatic rings. The van der Waals surface area contributed by atoms with Gasteiger partial charge in [-0.25, -0.2) is 0 Å². The maximum absolute atomic E-state index is 12.7. The molecule has 0 saturated carbocycles. The van der Waals surface area contributed by atoms with E-state index < -0.39 is 36.0 Å². The molecule has 9 heteroatoms. The lowest BCUT2D eigenvalue weighted by Crippen LogP contribution is -2.23. The van der Waals surface area contributed by atoms with E-state index in [2.05, 4.69) is 0 Å². The summed E-state index contributed by atoms with van der Waals surface area (Å²) >= 11 is 0. The lowest BCUT2D eigenvalue weighted by Gasteiger charge is -2.16. The topological polar surface area (TPSA) is 96.2 Å². The lowest BCUT2D eigenvalue weighted by atomic mass is 9.94. The second-order valence-corrected chi connectivity index (χ2v) is 7.31. The van der Waals surface area contributed by atoms with Crippen molar-refractivity contribution in [3.05, 3.63) is 54.1 Å². The Morgan fingerprint density at radius 3 is 2.81 bits per heavy atom. The first-order valence-corrected chi connectivity index (χ1v) is 9.99. The molecule has 172 valence electrons. The molecule has 0 aromatic heterocycles. The Balaban J connectivity index is 1.81. The van der Waals surface area contributed by atoms with Crippen molar-refractivity contribution < 1.29 is 42.8 Å². The van der Waals surface area contributed by atoms with Crippen molar-refractivity contribution in [1.29, 1.82) is 0 Å². The number of unbranched alkanes of at least 4 members (excludes halogenated alkanes) is 1. The molecule has 0 aliphatic carbocycles. The summed E-state index contributed by atoms with van der Waals surface area (Å²) in [5.74, 6) is -1.06. The monoisotopic (exact) mass is 444 g/mol. The van der Waals surface area contributed by atoms with Gasteiger partial charge in [0.05, 0.1) is 24.4 Å². The fourth-order valence-corrected chi connectivity index (χ4v) is 3.14. The summed E-state index contributed by atoms with van der Waals surface area (Å²) < 4.78 is 49.0. The summed E-state index contributed by atoms with van der Waals surface area (Å²) in [4.78, 5) is 10.5. The molecule has 0 radical (unpaired) electrons. The van der Waals surface area contributed by atoms with Gasteiger partial charge in [0.1, 0.15) is 18.5 Å². The van der Waals surface area contributed by atoms with Gasteiger partial charge in [-0.05, 0) is 37.5 Å². The summed E-state index contributed by atoms with van der Waals surface area (Å²) in [5, 5.41) is 28.8. The highest BCUT2D eigenvalue weighted by Crippen LogP contribution is 2.31. The molecular weight excluding hydrogens is 417 g/mol. The summed E-state index contributed by atoms with van der Waals surface area (Å²) in [5.41, 5.74) is -0.831. The minimum Gasteiger partial charge on any atom is -0.491 e. The first-order chi connectivity index (χ1) is 14.7. The van der Waals surface area contributed by atoms with Crippen molar-refractivity contribution in [1.82, 2.24) is 0 Å². The SMILES string of the molecule is O=C(O)CCCC=CC[C@H]1[C@@H](O)CO[C@@H]1C=C[C@H](O)COc1cccc(C(F)(F)F)c1. The highest BCUT2D eigenvalue weighted by atomic mass is 19.4. The van der Waals surface area contributed by atoms with Gasteiger partial charge in [-0.2, -0.15) is 13.2 Å². The summed E-state index contributed by atoms with van der Waals surface area (Å²) in [6.07, 6.45) is 1.94. The number of allylic oxidation sites excluding steroid dienone is 2. The van der Waals surface area contributed by atoms with Crippen molar-refractivity contribution in [3.63, 3.8) is 0 Å². The summed E-state index contributed by atoms with van der Waals surface area (Å²) in [7, 11) is 0. The van der Waals surface area contributed by atoms with Crippen molar-refractivity contribution in [2.24, 2.45) is 5.92 Å². The van der Waals surface area contributed by atoms with Gasteiger partial charge in [0.15, 0.2) is 0 Å². The second kappa shape index (κ2) is 11.9. The number of carboxylic acids is 1. The van der Waals surface area contributed by atoms with Gasteiger partial charge in [0, 0.05) is 12.3 Å². The van der Waals surface area contributed by atoms with Crippen LogP contribution in [0.2, 0.25) is 0 Å². The fraction of sp³-hybridized carbons (Fsp3) is 0.500. The number of rotatable bonds is 11. The van der Waals surface area contributed by atoms with Crippen LogP contribution in [0.25, 0.3) is 0 Å². The third-order valence-corrected chi connectivity index (χ3v) is 4.82. The van der Waals surface area contributed by atoms with Crippen LogP contribution < -0.4 is 4.74 Å². The fourth-order valence-electron chi connectivity index (χ4n) is 3.14. The number of carbonyl (C=O) groups is 1. The molecule has 3 N–H and O–H groups in total. The van der Waals surface area contributed by atoms with E-state index in [0.717, 1.165) is 12.1 Å². The zero-order valence-electron chi connectivity index (χ0n) is 16.9. The van der Waals surface area contributed by atoms with Crippen molar-refractivity contribution in [2.75, 3.05) is 13.2 Å². The second-order valence-electron chi connectivity index (χ2n) is 7.31. The molecule has 1 aliphatic rings. The molecule has 0 bridgehead atoms. The number of aliphatic hydroxyl groups excluding tert-OH is 2. The van der Waals surface area contributed by atoms with Crippen LogP contribution in [0.4, 0.5) is 13.2 Å². The van der Waals surface area contributed by atoms with Gasteiger partial charge in [0.25, 0.3) is 0 Å². The molecule has 31 heavy (non-hydrogen) atoms. The number of alkyl halides is 3. The molecule has 0 unspecified atom stereocenters. The van der Waals surface area contributed by atoms with E-state index >= 15 is 0 Å². The van der Waals surface area contributed by atoms with Gasteiger partial charge in [0.2, 0.25) is 0 Å². The van der Waals surface area contributed by atoms with Crippen molar-refractivity contribution in [2.45, 2.75) is 50.2 Å². The van der Waals surface area contributed by atoms with Gasteiger partial charge in [-0.15, -0.1) is 0 Å². The molecular formula is C22H27F3O6. The largest absolute Gasteiger partial charge is 0.491 e. The van der Waals surface area contributed by atoms with Crippen LogP contribution in [0.1, 0.15) is 31.2 Å². The number of ether oxygens (including phenoxy) is 2. The molecule has 6 nitrogen and oxygen atoms in total. The number of hydrogen-bond donors (Lipinski definition) is 3. The Hall–Kier alpha value is -2.36. The van der Waals surface area contributed by atoms with Crippen LogP contribution in [-0.4, -0.2) is 52.8 Å². The molecule has 1 saturated heterocycles. The Kier molecular flexibility index (Phi) is 9.54. The molecule has 1 aliphatic heterocycles. The Morgan fingerprint density at radius 2 is 2.10 bits per heavy atom. The maximum Gasteiger partial charge on any atom is 0.416 e. The van der Waals surface area contributed by atoms with Crippen LogP contribution in [-0.2, 0) is 15.7 Å². The van der Waals surface area contributed by atoms with Crippen molar-refractivity contribution in [3.8, 4) is 5.75 Å². The molecule has 1 fully saturated rings. The van der Waals surface area contributed by atoms with Crippen LogP contribution in [0, 0.1) is 5.92 Å². The number of aliphatic hydroxyl groups is 2. The van der Waals surface area contributed by atoms with Crippen molar-refractivity contribution >= 4 is 5.97 Å². The highest BCUT2D eigenvalue weighted by Gasteiger charge is 2.33. The van der Waals surface area contributed by atoms with E-state index in [1.807, 2.05) is 12.2 Å². The van der Waals surface area contributed by atoms with Crippen LogP contribution in [0.5, 0.6) is 5.75 Å². The number of aliphatic carboxylic acids is 1. The molecule has 0 spiro atoms.